The molecule has 10 heteroatoms. The second-order valence-electron chi connectivity index (χ2n) is 6.96. The zero-order valence-electron chi connectivity index (χ0n) is 15.9. The highest BCUT2D eigenvalue weighted by Crippen LogP contribution is 2.36. The van der Waals surface area contributed by atoms with Crippen molar-refractivity contribution in [1.82, 2.24) is 20.7 Å². The monoisotopic (exact) mass is 425 g/mol. The molecule has 2 amide bonds. The van der Waals surface area contributed by atoms with Crippen molar-refractivity contribution in [3.63, 3.8) is 0 Å². The Kier molecular flexibility index (Phi) is 5.68. The molecule has 1 unspecified atom stereocenters. The molecule has 30 heavy (non-hydrogen) atoms. The predicted octanol–water partition coefficient (Wildman–Crippen LogP) is 2.80. The number of benzene rings is 2. The van der Waals surface area contributed by atoms with Gasteiger partial charge in [-0.25, -0.2) is 4.98 Å². The number of non-ortho nitro benzene ring substituents is 1. The van der Waals surface area contributed by atoms with E-state index in [9.17, 15) is 19.7 Å². The van der Waals surface area contributed by atoms with Crippen molar-refractivity contribution in [2.24, 2.45) is 0 Å². The van der Waals surface area contributed by atoms with E-state index < -0.39 is 10.8 Å². The molecule has 0 saturated carbocycles. The first-order valence-electron chi connectivity index (χ1n) is 9.44. The second kappa shape index (κ2) is 8.56. The van der Waals surface area contributed by atoms with Gasteiger partial charge in [-0.2, -0.15) is 0 Å². The minimum Gasteiger partial charge on any atom is -0.285 e. The van der Waals surface area contributed by atoms with Crippen LogP contribution in [0.1, 0.15) is 34.2 Å². The molecule has 154 valence electrons. The van der Waals surface area contributed by atoms with Crippen molar-refractivity contribution < 1.29 is 14.5 Å². The summed E-state index contributed by atoms with van der Waals surface area (Å²) in [6, 6.07) is 13.3. The number of rotatable bonds is 5. The molecule has 1 aliphatic rings. The third-order valence-corrected chi connectivity index (χ3v) is 6.08. The van der Waals surface area contributed by atoms with Gasteiger partial charge in [-0.05, 0) is 37.6 Å². The summed E-state index contributed by atoms with van der Waals surface area (Å²) in [6.07, 6.45) is 1.89. The van der Waals surface area contributed by atoms with Crippen LogP contribution in [0, 0.1) is 10.1 Å². The van der Waals surface area contributed by atoms with Crippen LogP contribution in [0.5, 0.6) is 0 Å². The van der Waals surface area contributed by atoms with Crippen LogP contribution in [0.15, 0.2) is 48.5 Å². The number of carbonyl (C=O) groups is 2. The summed E-state index contributed by atoms with van der Waals surface area (Å²) in [6.45, 7) is 0.892. The van der Waals surface area contributed by atoms with E-state index in [4.69, 9.17) is 4.98 Å². The fourth-order valence-corrected chi connectivity index (χ4v) is 4.65. The van der Waals surface area contributed by atoms with Gasteiger partial charge >= 0.3 is 0 Å². The van der Waals surface area contributed by atoms with E-state index in [1.165, 1.54) is 18.2 Å². The van der Waals surface area contributed by atoms with E-state index in [0.29, 0.717) is 0 Å². The molecule has 0 aliphatic carbocycles. The highest BCUT2D eigenvalue weighted by Gasteiger charge is 2.30. The first-order valence-corrected chi connectivity index (χ1v) is 10.3. The number of para-hydroxylation sites is 1. The number of hydrogen-bond acceptors (Lipinski definition) is 7. The summed E-state index contributed by atoms with van der Waals surface area (Å²) >= 11 is 1.64. The van der Waals surface area contributed by atoms with Gasteiger partial charge in [0.25, 0.3) is 17.5 Å². The Labute approximate surface area is 175 Å². The van der Waals surface area contributed by atoms with Crippen molar-refractivity contribution in [1.29, 1.82) is 0 Å². The molecule has 1 atom stereocenters. The van der Waals surface area contributed by atoms with E-state index in [-0.39, 0.29) is 29.7 Å². The number of carbonyl (C=O) groups excluding carboxylic acids is 2. The lowest BCUT2D eigenvalue weighted by Crippen LogP contribution is -2.46. The predicted molar refractivity (Wildman–Crippen MR) is 112 cm³/mol. The molecule has 1 aromatic heterocycles. The van der Waals surface area contributed by atoms with Crippen LogP contribution in [0.2, 0.25) is 0 Å². The number of nitro benzene ring substituents is 1. The largest absolute Gasteiger partial charge is 0.285 e. The van der Waals surface area contributed by atoms with Crippen molar-refractivity contribution in [2.45, 2.75) is 18.9 Å². The number of thiazole rings is 1. The molecule has 2 N–H and O–H groups in total. The third-order valence-electron chi connectivity index (χ3n) is 4.94. The van der Waals surface area contributed by atoms with Crippen LogP contribution in [0.4, 0.5) is 5.69 Å². The van der Waals surface area contributed by atoms with Crippen LogP contribution in [0.25, 0.3) is 10.2 Å². The van der Waals surface area contributed by atoms with Gasteiger partial charge in [0.1, 0.15) is 5.01 Å². The fraction of sp³-hybridized carbons (Fsp3) is 0.250. The van der Waals surface area contributed by atoms with Crippen LogP contribution < -0.4 is 10.9 Å². The van der Waals surface area contributed by atoms with E-state index in [2.05, 4.69) is 10.9 Å². The van der Waals surface area contributed by atoms with E-state index in [1.807, 2.05) is 29.2 Å². The average Bonchev–Trinajstić information content (AvgIpc) is 3.38. The maximum Gasteiger partial charge on any atom is 0.270 e. The SMILES string of the molecule is O=C(CN1CCCC1c1nc2ccccc2s1)NNC(=O)c1cccc([N+](=O)[O-])c1. The minimum atomic E-state index is -0.615. The number of nitrogens with one attached hydrogen (secondary N) is 2. The van der Waals surface area contributed by atoms with E-state index >= 15 is 0 Å². The second-order valence-corrected chi connectivity index (χ2v) is 8.02. The Morgan fingerprint density at radius 1 is 1.20 bits per heavy atom. The molecule has 4 rings (SSSR count). The molecule has 3 aromatic rings. The van der Waals surface area contributed by atoms with Crippen LogP contribution in [-0.4, -0.2) is 39.7 Å². The standard InChI is InChI=1S/C20H19N5O4S/c26-18(22-23-19(27)13-5-3-6-14(11-13)25(28)29)12-24-10-4-8-16(24)20-21-15-7-1-2-9-17(15)30-20/h1-3,5-7,9,11,16H,4,8,10,12H2,(H,22,26)(H,23,27). The van der Waals surface area contributed by atoms with Gasteiger partial charge < -0.3 is 0 Å². The van der Waals surface area contributed by atoms with Gasteiger partial charge in [-0.1, -0.05) is 18.2 Å². The van der Waals surface area contributed by atoms with Crippen molar-refractivity contribution in [2.75, 3.05) is 13.1 Å². The summed E-state index contributed by atoms with van der Waals surface area (Å²) < 4.78 is 1.12. The number of aromatic nitrogens is 1. The minimum absolute atomic E-state index is 0.0700. The van der Waals surface area contributed by atoms with Gasteiger partial charge in [0.2, 0.25) is 0 Å². The summed E-state index contributed by atoms with van der Waals surface area (Å²) in [5.41, 5.74) is 5.56. The summed E-state index contributed by atoms with van der Waals surface area (Å²) in [5, 5.41) is 11.8. The van der Waals surface area contributed by atoms with E-state index in [1.54, 1.807) is 11.3 Å². The zero-order chi connectivity index (χ0) is 21.1. The maximum atomic E-state index is 12.4. The Bertz CT molecular complexity index is 1080. The molecule has 1 fully saturated rings. The highest BCUT2D eigenvalue weighted by molar-refractivity contribution is 7.18. The van der Waals surface area contributed by atoms with Gasteiger partial charge in [0.05, 0.1) is 27.7 Å². The van der Waals surface area contributed by atoms with Crippen molar-refractivity contribution >= 4 is 39.1 Å². The summed E-state index contributed by atoms with van der Waals surface area (Å²) in [4.78, 5) is 41.6. The molecule has 0 spiro atoms. The molecular formula is C20H19N5O4S. The Hall–Kier alpha value is -3.37. The maximum absolute atomic E-state index is 12.4. The molecule has 9 nitrogen and oxygen atoms in total. The van der Waals surface area contributed by atoms with Crippen LogP contribution in [0.3, 0.4) is 0 Å². The highest BCUT2D eigenvalue weighted by atomic mass is 32.1. The average molecular weight is 425 g/mol. The molecule has 1 saturated heterocycles. The number of nitro groups is 1. The third kappa shape index (κ3) is 4.29. The molecule has 0 bridgehead atoms. The first kappa shape index (κ1) is 19.9. The number of likely N-dealkylation sites (tertiary alicyclic amines) is 1. The summed E-state index contributed by atoms with van der Waals surface area (Å²) in [5.74, 6) is -0.974. The number of fused-ring (bicyclic) bond motifs is 1. The Morgan fingerprint density at radius 3 is 2.83 bits per heavy atom. The smallest absolute Gasteiger partial charge is 0.270 e. The fourth-order valence-electron chi connectivity index (χ4n) is 3.51. The van der Waals surface area contributed by atoms with Crippen LogP contribution in [-0.2, 0) is 4.79 Å². The topological polar surface area (TPSA) is 117 Å². The lowest BCUT2D eigenvalue weighted by Gasteiger charge is -2.22. The Balaban J connectivity index is 1.35. The zero-order valence-corrected chi connectivity index (χ0v) is 16.7. The molecule has 2 heterocycles. The summed E-state index contributed by atoms with van der Waals surface area (Å²) in [7, 11) is 0. The number of hydrazine groups is 1. The van der Waals surface area contributed by atoms with Crippen LogP contribution >= 0.6 is 11.3 Å². The molecular weight excluding hydrogens is 406 g/mol. The lowest BCUT2D eigenvalue weighted by atomic mass is 10.2. The number of nitrogens with zero attached hydrogens (tertiary/aromatic N) is 3. The molecule has 1 aliphatic heterocycles. The Morgan fingerprint density at radius 2 is 2.03 bits per heavy atom. The number of hydrogen-bond donors (Lipinski definition) is 2. The first-order chi connectivity index (χ1) is 14.5. The number of amides is 2. The van der Waals surface area contributed by atoms with Crippen molar-refractivity contribution in [3.05, 3.63) is 69.2 Å². The normalized spacial score (nSPS) is 16.5. The lowest BCUT2D eigenvalue weighted by molar-refractivity contribution is -0.384. The van der Waals surface area contributed by atoms with Gasteiger partial charge in [-0.15, -0.1) is 11.3 Å². The van der Waals surface area contributed by atoms with E-state index in [0.717, 1.165) is 40.7 Å². The van der Waals surface area contributed by atoms with Crippen molar-refractivity contribution in [3.8, 4) is 0 Å². The quantitative estimate of drug-likeness (QED) is 0.479. The van der Waals surface area contributed by atoms with Gasteiger partial charge in [0, 0.05) is 17.7 Å². The molecule has 0 radical (unpaired) electrons. The van der Waals surface area contributed by atoms with Gasteiger partial charge in [0.15, 0.2) is 0 Å². The molecule has 2 aromatic carbocycles. The van der Waals surface area contributed by atoms with Gasteiger partial charge in [-0.3, -0.25) is 35.5 Å².